The van der Waals surface area contributed by atoms with Crippen LogP contribution in [0.2, 0.25) is 0 Å². The number of halogens is 3. The van der Waals surface area contributed by atoms with Crippen molar-refractivity contribution in [2.24, 2.45) is 5.10 Å². The molecule has 0 spiro atoms. The molecule has 0 N–H and O–H groups in total. The standard InChI is InChI=1S/C12H13F3N2/c1-8-7-11(17(2)16-8)9-5-3-4-6-10(9)12(13,14)15/h3-6,11H,7H2,1-2H3. The molecule has 1 aromatic carbocycles. The Bertz CT molecular complexity index is 451. The SMILES string of the molecule is CC1=NN(C)C(c2ccccc2C(F)(F)F)C1. The summed E-state index contributed by atoms with van der Waals surface area (Å²) in [7, 11) is 1.70. The van der Waals surface area contributed by atoms with Gasteiger partial charge in [0.25, 0.3) is 0 Å². The van der Waals surface area contributed by atoms with Crippen LogP contribution in [-0.4, -0.2) is 17.8 Å². The van der Waals surface area contributed by atoms with Gasteiger partial charge in [-0.2, -0.15) is 18.3 Å². The van der Waals surface area contributed by atoms with Gasteiger partial charge in [-0.3, -0.25) is 5.01 Å². The van der Waals surface area contributed by atoms with E-state index in [9.17, 15) is 13.2 Å². The Kier molecular flexibility index (Phi) is 2.85. The molecule has 0 aliphatic carbocycles. The Morgan fingerprint density at radius 3 is 2.47 bits per heavy atom. The molecule has 0 amide bonds. The number of rotatable bonds is 1. The molecule has 2 nitrogen and oxygen atoms in total. The molecule has 1 atom stereocenters. The molecular weight excluding hydrogens is 229 g/mol. The van der Waals surface area contributed by atoms with E-state index >= 15 is 0 Å². The normalized spacial score (nSPS) is 20.6. The lowest BCUT2D eigenvalue weighted by Gasteiger charge is -2.22. The number of benzene rings is 1. The van der Waals surface area contributed by atoms with Gasteiger partial charge in [-0.25, -0.2) is 0 Å². The van der Waals surface area contributed by atoms with Crippen LogP contribution in [0.5, 0.6) is 0 Å². The molecule has 17 heavy (non-hydrogen) atoms. The number of nitrogens with zero attached hydrogens (tertiary/aromatic N) is 2. The maximum absolute atomic E-state index is 12.9. The monoisotopic (exact) mass is 242 g/mol. The molecule has 0 aromatic heterocycles. The van der Waals surface area contributed by atoms with E-state index in [0.717, 1.165) is 11.8 Å². The first-order valence-electron chi connectivity index (χ1n) is 5.32. The molecule has 1 aliphatic rings. The summed E-state index contributed by atoms with van der Waals surface area (Å²) in [4.78, 5) is 0. The Balaban J connectivity index is 2.40. The quantitative estimate of drug-likeness (QED) is 0.736. The minimum Gasteiger partial charge on any atom is -0.292 e. The summed E-state index contributed by atoms with van der Waals surface area (Å²) in [6.07, 6.45) is -3.77. The van der Waals surface area contributed by atoms with E-state index in [1.54, 1.807) is 18.1 Å². The Labute approximate surface area is 97.7 Å². The molecule has 92 valence electrons. The van der Waals surface area contributed by atoms with Gasteiger partial charge in [-0.15, -0.1) is 0 Å². The highest BCUT2D eigenvalue weighted by Crippen LogP contribution is 2.38. The van der Waals surface area contributed by atoms with Crippen molar-refractivity contribution in [2.75, 3.05) is 7.05 Å². The molecule has 0 fully saturated rings. The maximum atomic E-state index is 12.9. The summed E-state index contributed by atoms with van der Waals surface area (Å²) in [5, 5.41) is 5.75. The number of alkyl halides is 3. The number of hydrazone groups is 1. The minimum atomic E-state index is -4.31. The van der Waals surface area contributed by atoms with Crippen molar-refractivity contribution in [1.29, 1.82) is 0 Å². The minimum absolute atomic E-state index is 0.295. The van der Waals surface area contributed by atoms with Gasteiger partial charge in [0.05, 0.1) is 11.6 Å². The molecular formula is C12H13F3N2. The Morgan fingerprint density at radius 1 is 1.29 bits per heavy atom. The van der Waals surface area contributed by atoms with Crippen molar-refractivity contribution in [1.82, 2.24) is 5.01 Å². The highest BCUT2D eigenvalue weighted by Gasteiger charge is 2.36. The topological polar surface area (TPSA) is 15.6 Å². The summed E-state index contributed by atoms with van der Waals surface area (Å²) in [5.41, 5.74) is 0.583. The van der Waals surface area contributed by atoms with Crippen LogP contribution in [0.25, 0.3) is 0 Å². The van der Waals surface area contributed by atoms with E-state index in [1.807, 2.05) is 6.92 Å². The third-order valence-electron chi connectivity index (χ3n) is 2.89. The van der Waals surface area contributed by atoms with Crippen LogP contribution in [-0.2, 0) is 6.18 Å². The van der Waals surface area contributed by atoms with E-state index in [4.69, 9.17) is 0 Å². The lowest BCUT2D eigenvalue weighted by Crippen LogP contribution is -2.19. The fourth-order valence-electron chi connectivity index (χ4n) is 2.15. The van der Waals surface area contributed by atoms with E-state index in [2.05, 4.69) is 5.10 Å². The molecule has 1 unspecified atom stereocenters. The van der Waals surface area contributed by atoms with Crippen LogP contribution in [0.3, 0.4) is 0 Å². The van der Waals surface area contributed by atoms with Gasteiger partial charge >= 0.3 is 6.18 Å². The van der Waals surface area contributed by atoms with Crippen LogP contribution >= 0.6 is 0 Å². The van der Waals surface area contributed by atoms with Crippen molar-refractivity contribution in [2.45, 2.75) is 25.6 Å². The zero-order valence-corrected chi connectivity index (χ0v) is 9.62. The van der Waals surface area contributed by atoms with Crippen molar-refractivity contribution in [3.63, 3.8) is 0 Å². The second-order valence-corrected chi connectivity index (χ2v) is 4.21. The summed E-state index contributed by atoms with van der Waals surface area (Å²) in [5.74, 6) is 0. The van der Waals surface area contributed by atoms with Crippen molar-refractivity contribution < 1.29 is 13.2 Å². The summed E-state index contributed by atoms with van der Waals surface area (Å²) in [6.45, 7) is 1.83. The molecule has 2 rings (SSSR count). The van der Waals surface area contributed by atoms with Gasteiger partial charge in [0, 0.05) is 19.2 Å². The largest absolute Gasteiger partial charge is 0.416 e. The van der Waals surface area contributed by atoms with Crippen LogP contribution in [0.4, 0.5) is 13.2 Å². The van der Waals surface area contributed by atoms with Gasteiger partial charge < -0.3 is 0 Å². The Morgan fingerprint density at radius 2 is 1.94 bits per heavy atom. The predicted molar refractivity (Wildman–Crippen MR) is 59.7 cm³/mol. The highest BCUT2D eigenvalue weighted by molar-refractivity contribution is 5.83. The zero-order chi connectivity index (χ0) is 12.6. The van der Waals surface area contributed by atoms with Gasteiger partial charge in [-0.05, 0) is 18.6 Å². The number of hydrogen-bond acceptors (Lipinski definition) is 2. The van der Waals surface area contributed by atoms with E-state index < -0.39 is 11.7 Å². The van der Waals surface area contributed by atoms with Crippen molar-refractivity contribution >= 4 is 5.71 Å². The van der Waals surface area contributed by atoms with Crippen LogP contribution < -0.4 is 0 Å². The first kappa shape index (κ1) is 12.0. The Hall–Kier alpha value is -1.52. The van der Waals surface area contributed by atoms with Gasteiger partial charge in [0.2, 0.25) is 0 Å². The number of hydrogen-bond donors (Lipinski definition) is 0. The van der Waals surface area contributed by atoms with E-state index in [0.29, 0.717) is 12.0 Å². The molecule has 0 bridgehead atoms. The summed E-state index contributed by atoms with van der Waals surface area (Å²) in [6, 6.07) is 5.38. The third kappa shape index (κ3) is 2.28. The molecule has 0 saturated heterocycles. The van der Waals surface area contributed by atoms with Crippen molar-refractivity contribution in [3.8, 4) is 0 Å². The molecule has 1 heterocycles. The van der Waals surface area contributed by atoms with Gasteiger partial charge in [-0.1, -0.05) is 18.2 Å². The first-order valence-corrected chi connectivity index (χ1v) is 5.32. The molecule has 0 saturated carbocycles. The third-order valence-corrected chi connectivity index (χ3v) is 2.89. The van der Waals surface area contributed by atoms with E-state index in [1.165, 1.54) is 12.1 Å². The molecule has 1 aliphatic heterocycles. The highest BCUT2D eigenvalue weighted by atomic mass is 19.4. The molecule has 5 heteroatoms. The lowest BCUT2D eigenvalue weighted by molar-refractivity contribution is -0.138. The van der Waals surface area contributed by atoms with Crippen LogP contribution in [0.1, 0.15) is 30.5 Å². The zero-order valence-electron chi connectivity index (χ0n) is 9.62. The average molecular weight is 242 g/mol. The second kappa shape index (κ2) is 4.05. The maximum Gasteiger partial charge on any atom is 0.416 e. The van der Waals surface area contributed by atoms with Crippen LogP contribution in [0.15, 0.2) is 29.4 Å². The van der Waals surface area contributed by atoms with Gasteiger partial charge in [0.15, 0.2) is 0 Å². The summed E-state index contributed by atoms with van der Waals surface area (Å²) < 4.78 is 38.6. The van der Waals surface area contributed by atoms with E-state index in [-0.39, 0.29) is 6.04 Å². The molecule has 1 aromatic rings. The predicted octanol–water partition coefficient (Wildman–Crippen LogP) is 3.46. The second-order valence-electron chi connectivity index (χ2n) is 4.21. The van der Waals surface area contributed by atoms with Crippen molar-refractivity contribution in [3.05, 3.63) is 35.4 Å². The van der Waals surface area contributed by atoms with Gasteiger partial charge in [0.1, 0.15) is 0 Å². The average Bonchev–Trinajstić information content (AvgIpc) is 2.56. The lowest BCUT2D eigenvalue weighted by atomic mass is 9.97. The fraction of sp³-hybridized carbons (Fsp3) is 0.417. The summed E-state index contributed by atoms with van der Waals surface area (Å²) >= 11 is 0. The molecule has 0 radical (unpaired) electrons. The van der Waals surface area contributed by atoms with Crippen LogP contribution in [0, 0.1) is 0 Å². The fourth-order valence-corrected chi connectivity index (χ4v) is 2.15. The smallest absolute Gasteiger partial charge is 0.292 e. The first-order chi connectivity index (χ1) is 7.89.